The fraction of sp³-hybridized carbons (Fsp3) is 0.167. The maximum atomic E-state index is 13.3. The highest BCUT2D eigenvalue weighted by molar-refractivity contribution is 7.92. The van der Waals surface area contributed by atoms with E-state index in [1.807, 2.05) is 31.2 Å². The van der Waals surface area contributed by atoms with Crippen LogP contribution < -0.4 is 4.72 Å². The zero-order valence-electron chi connectivity index (χ0n) is 14.4. The van der Waals surface area contributed by atoms with Gasteiger partial charge in [0.15, 0.2) is 0 Å². The Morgan fingerprint density at radius 1 is 1.08 bits per heavy atom. The van der Waals surface area contributed by atoms with Crippen LogP contribution in [0.2, 0.25) is 5.02 Å². The SMILES string of the molecule is Cc1ccc(-n2nc(C)c(S(=O)(=O)Nc3ccc(F)c(Cl)c3)c2C)cc1. The Labute approximate surface area is 156 Å². The molecule has 2 aromatic carbocycles. The van der Waals surface area contributed by atoms with Crippen LogP contribution in [0.15, 0.2) is 47.4 Å². The van der Waals surface area contributed by atoms with Gasteiger partial charge in [-0.15, -0.1) is 0 Å². The number of hydrogen-bond acceptors (Lipinski definition) is 3. The molecule has 0 aliphatic carbocycles. The summed E-state index contributed by atoms with van der Waals surface area (Å²) in [5, 5.41) is 4.20. The highest BCUT2D eigenvalue weighted by atomic mass is 35.5. The van der Waals surface area contributed by atoms with E-state index >= 15 is 0 Å². The number of anilines is 1. The van der Waals surface area contributed by atoms with Crippen LogP contribution in [0.25, 0.3) is 5.69 Å². The summed E-state index contributed by atoms with van der Waals surface area (Å²) >= 11 is 5.72. The van der Waals surface area contributed by atoms with Crippen LogP contribution in [0, 0.1) is 26.6 Å². The summed E-state index contributed by atoms with van der Waals surface area (Å²) < 4.78 is 43.0. The molecule has 0 unspecified atom stereocenters. The maximum Gasteiger partial charge on any atom is 0.265 e. The fourth-order valence-electron chi connectivity index (χ4n) is 2.72. The monoisotopic (exact) mass is 393 g/mol. The summed E-state index contributed by atoms with van der Waals surface area (Å²) in [5.41, 5.74) is 2.88. The van der Waals surface area contributed by atoms with Crippen molar-refractivity contribution in [2.24, 2.45) is 0 Å². The number of hydrogen-bond donors (Lipinski definition) is 1. The molecule has 1 heterocycles. The smallest absolute Gasteiger partial charge is 0.265 e. The molecule has 0 bridgehead atoms. The van der Waals surface area contributed by atoms with Crippen LogP contribution in [0.5, 0.6) is 0 Å². The van der Waals surface area contributed by atoms with E-state index in [1.54, 1.807) is 18.5 Å². The van der Waals surface area contributed by atoms with E-state index in [0.717, 1.165) is 17.3 Å². The van der Waals surface area contributed by atoms with E-state index in [1.165, 1.54) is 12.1 Å². The average molecular weight is 394 g/mol. The minimum absolute atomic E-state index is 0.0820. The van der Waals surface area contributed by atoms with Crippen molar-refractivity contribution in [1.82, 2.24) is 9.78 Å². The predicted octanol–water partition coefficient (Wildman–Crippen LogP) is 4.39. The molecule has 1 N–H and O–H groups in total. The molecular formula is C18H17ClFN3O2S. The number of aryl methyl sites for hydroxylation is 2. The Balaban J connectivity index is 2.02. The lowest BCUT2D eigenvalue weighted by Crippen LogP contribution is -2.15. The van der Waals surface area contributed by atoms with Gasteiger partial charge in [-0.25, -0.2) is 17.5 Å². The minimum Gasteiger partial charge on any atom is -0.279 e. The Morgan fingerprint density at radius 2 is 1.73 bits per heavy atom. The summed E-state index contributed by atoms with van der Waals surface area (Å²) in [6.07, 6.45) is 0. The molecule has 0 radical (unpaired) electrons. The number of nitrogens with zero attached hydrogens (tertiary/aromatic N) is 2. The van der Waals surface area contributed by atoms with Gasteiger partial charge in [0.05, 0.1) is 27.8 Å². The average Bonchev–Trinajstić information content (AvgIpc) is 2.87. The molecule has 0 aliphatic rings. The molecule has 0 saturated carbocycles. The van der Waals surface area contributed by atoms with Crippen LogP contribution in [-0.2, 0) is 10.0 Å². The zero-order valence-corrected chi connectivity index (χ0v) is 16.0. The molecule has 136 valence electrons. The molecule has 0 saturated heterocycles. The summed E-state index contributed by atoms with van der Waals surface area (Å²) in [7, 11) is -3.91. The van der Waals surface area contributed by atoms with Gasteiger partial charge in [0.1, 0.15) is 10.7 Å². The van der Waals surface area contributed by atoms with Gasteiger partial charge in [-0.05, 0) is 51.1 Å². The van der Waals surface area contributed by atoms with Crippen LogP contribution in [0.4, 0.5) is 10.1 Å². The number of aromatic nitrogens is 2. The Hall–Kier alpha value is -2.38. The van der Waals surface area contributed by atoms with Crippen molar-refractivity contribution in [3.8, 4) is 5.69 Å². The molecular weight excluding hydrogens is 377 g/mol. The van der Waals surface area contributed by atoms with Gasteiger partial charge in [-0.2, -0.15) is 5.10 Å². The van der Waals surface area contributed by atoms with E-state index in [9.17, 15) is 12.8 Å². The standard InChI is InChI=1S/C18H17ClFN3O2S/c1-11-4-7-15(8-5-11)23-13(3)18(12(2)21-23)26(24,25)22-14-6-9-17(20)16(19)10-14/h4-10,22H,1-3H3. The summed E-state index contributed by atoms with van der Waals surface area (Å²) in [5.74, 6) is -0.617. The van der Waals surface area contributed by atoms with Gasteiger partial charge >= 0.3 is 0 Å². The molecule has 0 spiro atoms. The van der Waals surface area contributed by atoms with Gasteiger partial charge in [0, 0.05) is 0 Å². The largest absolute Gasteiger partial charge is 0.279 e. The number of rotatable bonds is 4. The number of benzene rings is 2. The first-order valence-corrected chi connectivity index (χ1v) is 9.66. The fourth-order valence-corrected chi connectivity index (χ4v) is 4.35. The van der Waals surface area contributed by atoms with Crippen LogP contribution in [0.3, 0.4) is 0 Å². The van der Waals surface area contributed by atoms with Gasteiger partial charge < -0.3 is 0 Å². The summed E-state index contributed by atoms with van der Waals surface area (Å²) in [6, 6.07) is 11.3. The van der Waals surface area contributed by atoms with Crippen molar-refractivity contribution in [2.45, 2.75) is 25.7 Å². The lowest BCUT2D eigenvalue weighted by Gasteiger charge is -2.10. The topological polar surface area (TPSA) is 64.0 Å². The van der Waals surface area contributed by atoms with Gasteiger partial charge in [0.2, 0.25) is 0 Å². The molecule has 0 atom stereocenters. The van der Waals surface area contributed by atoms with Crippen LogP contribution in [0.1, 0.15) is 17.0 Å². The number of nitrogens with one attached hydrogen (secondary N) is 1. The van der Waals surface area contributed by atoms with E-state index < -0.39 is 15.8 Å². The molecule has 3 rings (SSSR count). The normalized spacial score (nSPS) is 11.6. The molecule has 0 amide bonds. The molecule has 26 heavy (non-hydrogen) atoms. The third-order valence-corrected chi connectivity index (χ3v) is 5.87. The number of sulfonamides is 1. The molecule has 5 nitrogen and oxygen atoms in total. The lowest BCUT2D eigenvalue weighted by atomic mass is 10.2. The van der Waals surface area contributed by atoms with Crippen molar-refractivity contribution in [3.05, 3.63) is 70.3 Å². The quantitative estimate of drug-likeness (QED) is 0.714. The lowest BCUT2D eigenvalue weighted by molar-refractivity contribution is 0.599. The third-order valence-electron chi connectivity index (χ3n) is 3.94. The third kappa shape index (κ3) is 3.45. The summed E-state index contributed by atoms with van der Waals surface area (Å²) in [6.45, 7) is 5.29. The molecule has 0 aliphatic heterocycles. The highest BCUT2D eigenvalue weighted by Gasteiger charge is 2.25. The number of halogens is 2. The Morgan fingerprint density at radius 3 is 2.35 bits per heavy atom. The Bertz CT molecular complexity index is 1080. The van der Waals surface area contributed by atoms with Crippen molar-refractivity contribution in [1.29, 1.82) is 0 Å². The van der Waals surface area contributed by atoms with Crippen molar-refractivity contribution in [3.63, 3.8) is 0 Å². The highest BCUT2D eigenvalue weighted by Crippen LogP contribution is 2.26. The molecule has 1 aromatic heterocycles. The zero-order chi connectivity index (χ0) is 19.1. The predicted molar refractivity (Wildman–Crippen MR) is 100.0 cm³/mol. The first-order chi connectivity index (χ1) is 12.2. The van der Waals surface area contributed by atoms with Gasteiger partial charge in [-0.3, -0.25) is 4.72 Å². The van der Waals surface area contributed by atoms with Gasteiger partial charge in [-0.1, -0.05) is 29.3 Å². The molecule has 3 aromatic rings. The second kappa shape index (κ2) is 6.74. The minimum atomic E-state index is -3.91. The van der Waals surface area contributed by atoms with Crippen LogP contribution in [-0.4, -0.2) is 18.2 Å². The van der Waals surface area contributed by atoms with Crippen molar-refractivity contribution < 1.29 is 12.8 Å². The summed E-state index contributed by atoms with van der Waals surface area (Å²) in [4.78, 5) is 0.0820. The van der Waals surface area contributed by atoms with E-state index in [-0.39, 0.29) is 15.6 Å². The Kier molecular flexibility index (Phi) is 4.77. The van der Waals surface area contributed by atoms with Crippen LogP contribution >= 0.6 is 11.6 Å². The first-order valence-electron chi connectivity index (χ1n) is 7.80. The second-order valence-corrected chi connectivity index (χ2v) is 8.01. The first kappa shape index (κ1) is 18.4. The maximum absolute atomic E-state index is 13.3. The second-order valence-electron chi connectivity index (χ2n) is 5.98. The molecule has 0 fully saturated rings. The van der Waals surface area contributed by atoms with Crippen molar-refractivity contribution in [2.75, 3.05) is 4.72 Å². The van der Waals surface area contributed by atoms with Gasteiger partial charge in [0.25, 0.3) is 10.0 Å². The van der Waals surface area contributed by atoms with Crippen molar-refractivity contribution >= 4 is 27.3 Å². The van der Waals surface area contributed by atoms with E-state index in [4.69, 9.17) is 11.6 Å². The molecule has 8 heteroatoms. The van der Waals surface area contributed by atoms with E-state index in [0.29, 0.717) is 11.4 Å². The van der Waals surface area contributed by atoms with E-state index in [2.05, 4.69) is 9.82 Å².